The summed E-state index contributed by atoms with van der Waals surface area (Å²) in [6.45, 7) is 4.69. The van der Waals surface area contributed by atoms with Crippen molar-refractivity contribution in [3.63, 3.8) is 0 Å². The van der Waals surface area contributed by atoms with Crippen molar-refractivity contribution >= 4 is 5.78 Å². The van der Waals surface area contributed by atoms with E-state index in [1.807, 2.05) is 6.92 Å². The van der Waals surface area contributed by atoms with Crippen LogP contribution in [0, 0.1) is 0 Å². The maximum Gasteiger partial charge on any atom is 0.132 e. The number of carbonyl (C=O) groups is 1. The minimum absolute atomic E-state index is 0.376. The van der Waals surface area contributed by atoms with E-state index in [9.17, 15) is 4.79 Å². The fourth-order valence-corrected chi connectivity index (χ4v) is 1.75. The number of ether oxygens (including phenoxy) is 1. The van der Waals surface area contributed by atoms with E-state index in [2.05, 4.69) is 11.9 Å². The summed E-state index contributed by atoms with van der Waals surface area (Å²) < 4.78 is 5.32. The van der Waals surface area contributed by atoms with Crippen LogP contribution in [-0.2, 0) is 9.53 Å². The monoisotopic (exact) mass is 199 g/mol. The molecule has 1 fully saturated rings. The topological polar surface area (TPSA) is 29.5 Å². The van der Waals surface area contributed by atoms with E-state index in [1.54, 1.807) is 0 Å². The fourth-order valence-electron chi connectivity index (χ4n) is 1.75. The summed E-state index contributed by atoms with van der Waals surface area (Å²) in [5.74, 6) is 0.376. The van der Waals surface area contributed by atoms with E-state index in [0.29, 0.717) is 18.2 Å². The Hall–Kier alpha value is -0.410. The molecule has 0 N–H and O–H groups in total. The summed E-state index contributed by atoms with van der Waals surface area (Å²) >= 11 is 0. The smallest absolute Gasteiger partial charge is 0.132 e. The van der Waals surface area contributed by atoms with Crippen LogP contribution in [0.4, 0.5) is 0 Å². The van der Waals surface area contributed by atoms with Crippen molar-refractivity contribution in [3.8, 4) is 0 Å². The molecule has 1 saturated heterocycles. The number of ketones is 1. The number of hydrogen-bond acceptors (Lipinski definition) is 3. The lowest BCUT2D eigenvalue weighted by molar-refractivity contribution is -0.118. The molecule has 0 aromatic rings. The van der Waals surface area contributed by atoms with Crippen LogP contribution in [0.1, 0.15) is 32.6 Å². The Kier molecular flexibility index (Phi) is 5.12. The first-order chi connectivity index (χ1) is 6.74. The van der Waals surface area contributed by atoms with Crippen LogP contribution in [0.25, 0.3) is 0 Å². The molecule has 1 aliphatic rings. The maximum atomic E-state index is 11.1. The average molecular weight is 199 g/mol. The Labute approximate surface area is 86.4 Å². The number of hydrogen-bond donors (Lipinski definition) is 0. The minimum Gasteiger partial charge on any atom is -0.380 e. The van der Waals surface area contributed by atoms with E-state index < -0.39 is 0 Å². The molecule has 0 aliphatic carbocycles. The number of Topliss-reactive ketones (excluding diaryl/α,β-unsaturated/α-hetero) is 1. The molecule has 0 aromatic heterocycles. The Bertz CT molecular complexity index is 176. The zero-order chi connectivity index (χ0) is 10.4. The van der Waals surface area contributed by atoms with Crippen LogP contribution in [-0.4, -0.2) is 43.5 Å². The van der Waals surface area contributed by atoms with Gasteiger partial charge in [0.15, 0.2) is 0 Å². The van der Waals surface area contributed by atoms with Gasteiger partial charge in [0, 0.05) is 25.5 Å². The normalized spacial score (nSPS) is 21.8. The first kappa shape index (κ1) is 11.7. The zero-order valence-corrected chi connectivity index (χ0v) is 9.29. The van der Waals surface area contributed by atoms with Gasteiger partial charge in [-0.2, -0.15) is 0 Å². The third-order valence-corrected chi connectivity index (χ3v) is 2.89. The SMILES string of the molecule is CCC(=O)CCCN(C)C1CCOC1. The van der Waals surface area contributed by atoms with Gasteiger partial charge in [0.05, 0.1) is 6.61 Å². The lowest BCUT2D eigenvalue weighted by Crippen LogP contribution is -2.32. The zero-order valence-electron chi connectivity index (χ0n) is 9.29. The van der Waals surface area contributed by atoms with Crippen molar-refractivity contribution in [2.45, 2.75) is 38.6 Å². The second kappa shape index (κ2) is 6.14. The highest BCUT2D eigenvalue weighted by Gasteiger charge is 2.19. The number of likely N-dealkylation sites (N-methyl/N-ethyl adjacent to an activating group) is 1. The number of rotatable bonds is 6. The predicted molar refractivity (Wildman–Crippen MR) is 56.4 cm³/mol. The lowest BCUT2D eigenvalue weighted by atomic mass is 10.1. The van der Waals surface area contributed by atoms with Gasteiger partial charge in [-0.1, -0.05) is 6.92 Å². The van der Waals surface area contributed by atoms with Crippen molar-refractivity contribution < 1.29 is 9.53 Å². The fraction of sp³-hybridized carbons (Fsp3) is 0.909. The van der Waals surface area contributed by atoms with Gasteiger partial charge in [-0.25, -0.2) is 0 Å². The van der Waals surface area contributed by atoms with Gasteiger partial charge in [0.2, 0.25) is 0 Å². The van der Waals surface area contributed by atoms with Gasteiger partial charge in [-0.15, -0.1) is 0 Å². The second-order valence-electron chi connectivity index (χ2n) is 3.99. The largest absolute Gasteiger partial charge is 0.380 e. The first-order valence-electron chi connectivity index (χ1n) is 5.53. The molecule has 0 radical (unpaired) electrons. The van der Waals surface area contributed by atoms with Crippen LogP contribution >= 0.6 is 0 Å². The van der Waals surface area contributed by atoms with E-state index in [0.717, 1.165) is 39.0 Å². The Morgan fingerprint density at radius 3 is 2.93 bits per heavy atom. The number of nitrogens with zero attached hydrogens (tertiary/aromatic N) is 1. The van der Waals surface area contributed by atoms with Crippen LogP contribution in [0.3, 0.4) is 0 Å². The van der Waals surface area contributed by atoms with Gasteiger partial charge < -0.3 is 9.64 Å². The van der Waals surface area contributed by atoms with E-state index in [4.69, 9.17) is 4.74 Å². The summed E-state index contributed by atoms with van der Waals surface area (Å²) in [5.41, 5.74) is 0. The van der Waals surface area contributed by atoms with Crippen molar-refractivity contribution in [1.82, 2.24) is 4.90 Å². The summed E-state index contributed by atoms with van der Waals surface area (Å²) in [6, 6.07) is 0.576. The summed E-state index contributed by atoms with van der Waals surface area (Å²) in [5, 5.41) is 0. The molecule has 0 spiro atoms. The van der Waals surface area contributed by atoms with Gasteiger partial charge in [0.25, 0.3) is 0 Å². The molecule has 1 unspecified atom stereocenters. The highest BCUT2D eigenvalue weighted by atomic mass is 16.5. The van der Waals surface area contributed by atoms with Crippen LogP contribution in [0.15, 0.2) is 0 Å². The molecule has 82 valence electrons. The molecule has 1 heterocycles. The van der Waals surface area contributed by atoms with E-state index in [-0.39, 0.29) is 0 Å². The lowest BCUT2D eigenvalue weighted by Gasteiger charge is -2.22. The molecule has 1 rings (SSSR count). The second-order valence-corrected chi connectivity index (χ2v) is 3.99. The molecule has 3 nitrogen and oxygen atoms in total. The van der Waals surface area contributed by atoms with Crippen molar-refractivity contribution in [2.75, 3.05) is 26.8 Å². The highest BCUT2D eigenvalue weighted by molar-refractivity contribution is 5.77. The predicted octanol–water partition coefficient (Wildman–Crippen LogP) is 1.47. The maximum absolute atomic E-state index is 11.1. The standard InChI is InChI=1S/C11H21NO2/c1-3-11(13)5-4-7-12(2)10-6-8-14-9-10/h10H,3-9H2,1-2H3. The summed E-state index contributed by atoms with van der Waals surface area (Å²) in [7, 11) is 2.12. The third kappa shape index (κ3) is 3.76. The number of carbonyl (C=O) groups excluding carboxylic acids is 1. The van der Waals surface area contributed by atoms with Crippen LogP contribution < -0.4 is 0 Å². The quantitative estimate of drug-likeness (QED) is 0.648. The molecule has 0 amide bonds. The minimum atomic E-state index is 0.376. The van der Waals surface area contributed by atoms with Gasteiger partial charge >= 0.3 is 0 Å². The molecule has 0 aromatic carbocycles. The molecule has 1 aliphatic heterocycles. The van der Waals surface area contributed by atoms with Gasteiger partial charge in [0.1, 0.15) is 5.78 Å². The van der Waals surface area contributed by atoms with Crippen molar-refractivity contribution in [1.29, 1.82) is 0 Å². The molecule has 0 bridgehead atoms. The van der Waals surface area contributed by atoms with Crippen molar-refractivity contribution in [2.24, 2.45) is 0 Å². The summed E-state index contributed by atoms with van der Waals surface area (Å²) in [6.07, 6.45) is 3.53. The van der Waals surface area contributed by atoms with E-state index >= 15 is 0 Å². The Balaban J connectivity index is 2.08. The van der Waals surface area contributed by atoms with Gasteiger partial charge in [-0.05, 0) is 26.4 Å². The average Bonchev–Trinajstić information content (AvgIpc) is 2.70. The Morgan fingerprint density at radius 1 is 1.57 bits per heavy atom. The molecule has 3 heteroatoms. The Morgan fingerprint density at radius 2 is 2.36 bits per heavy atom. The highest BCUT2D eigenvalue weighted by Crippen LogP contribution is 2.11. The molecule has 1 atom stereocenters. The molecular formula is C11H21NO2. The van der Waals surface area contributed by atoms with Crippen molar-refractivity contribution in [3.05, 3.63) is 0 Å². The van der Waals surface area contributed by atoms with E-state index in [1.165, 1.54) is 0 Å². The molecular weight excluding hydrogens is 178 g/mol. The third-order valence-electron chi connectivity index (χ3n) is 2.89. The summed E-state index contributed by atoms with van der Waals surface area (Å²) in [4.78, 5) is 13.4. The molecule has 0 saturated carbocycles. The first-order valence-corrected chi connectivity index (χ1v) is 5.53. The van der Waals surface area contributed by atoms with Crippen LogP contribution in [0.5, 0.6) is 0 Å². The van der Waals surface area contributed by atoms with Crippen LogP contribution in [0.2, 0.25) is 0 Å². The molecule has 14 heavy (non-hydrogen) atoms. The van der Waals surface area contributed by atoms with Gasteiger partial charge in [-0.3, -0.25) is 4.79 Å².